The molecule has 5 heteroatoms. The minimum atomic E-state index is 0.168. The van der Waals surface area contributed by atoms with Crippen LogP contribution in [0.25, 0.3) is 21.9 Å². The molecule has 1 fully saturated rings. The maximum Gasteiger partial charge on any atom is 0.270 e. The average Bonchev–Trinajstić information content (AvgIpc) is 3.18. The number of amides is 1. The summed E-state index contributed by atoms with van der Waals surface area (Å²) in [6, 6.07) is 11.4. The molecule has 1 saturated heterocycles. The van der Waals surface area contributed by atoms with Crippen LogP contribution in [0.5, 0.6) is 0 Å². The van der Waals surface area contributed by atoms with E-state index in [1.54, 1.807) is 0 Å². The van der Waals surface area contributed by atoms with Gasteiger partial charge < -0.3 is 18.9 Å². The monoisotopic (exact) mass is 366 g/mol. The molecule has 0 spiro atoms. The molecular formula is C22H30N4O. The zero-order chi connectivity index (χ0) is 19.3. The van der Waals surface area contributed by atoms with Crippen LogP contribution in [0.2, 0.25) is 0 Å². The van der Waals surface area contributed by atoms with E-state index in [9.17, 15) is 4.79 Å². The van der Waals surface area contributed by atoms with Crippen molar-refractivity contribution >= 4 is 27.8 Å². The first kappa shape index (κ1) is 18.1. The first-order valence-corrected chi connectivity index (χ1v) is 9.94. The van der Waals surface area contributed by atoms with Gasteiger partial charge in [-0.05, 0) is 52.9 Å². The van der Waals surface area contributed by atoms with Crippen molar-refractivity contribution in [3.63, 3.8) is 0 Å². The summed E-state index contributed by atoms with van der Waals surface area (Å²) in [4.78, 5) is 17.7. The SMILES string of the molecule is CC(C)n1c(C(=O)N2CCC(N(C)C)CC2)cc2c1c1ccccc1n2C. The standard InChI is InChI=1S/C22H30N4O/c1-15(2)26-20(22(27)25-12-10-16(11-13-25)23(3)4)14-19-21(26)17-8-6-7-9-18(17)24(19)5/h6-9,14-16H,10-13H2,1-5H3. The Morgan fingerprint density at radius 1 is 1.11 bits per heavy atom. The van der Waals surface area contributed by atoms with Crippen molar-refractivity contribution in [1.82, 2.24) is 18.9 Å². The molecule has 1 aliphatic heterocycles. The molecule has 0 saturated carbocycles. The Kier molecular flexibility index (Phi) is 4.50. The van der Waals surface area contributed by atoms with Crippen LogP contribution >= 0.6 is 0 Å². The van der Waals surface area contributed by atoms with E-state index in [-0.39, 0.29) is 11.9 Å². The predicted molar refractivity (Wildman–Crippen MR) is 111 cm³/mol. The van der Waals surface area contributed by atoms with Crippen LogP contribution in [0.3, 0.4) is 0 Å². The minimum absolute atomic E-state index is 0.168. The number of likely N-dealkylation sites (tertiary alicyclic amines) is 1. The lowest BCUT2D eigenvalue weighted by Crippen LogP contribution is -2.45. The van der Waals surface area contributed by atoms with Gasteiger partial charge in [-0.25, -0.2) is 0 Å². The lowest BCUT2D eigenvalue weighted by Gasteiger charge is -2.35. The Morgan fingerprint density at radius 3 is 2.41 bits per heavy atom. The largest absolute Gasteiger partial charge is 0.342 e. The molecule has 0 N–H and O–H groups in total. The van der Waals surface area contributed by atoms with Crippen LogP contribution in [-0.2, 0) is 7.05 Å². The minimum Gasteiger partial charge on any atom is -0.342 e. The Hall–Kier alpha value is -2.27. The van der Waals surface area contributed by atoms with Crippen LogP contribution < -0.4 is 0 Å². The number of benzene rings is 1. The summed E-state index contributed by atoms with van der Waals surface area (Å²) in [7, 11) is 6.35. The third-order valence-corrected chi connectivity index (χ3v) is 6.12. The van der Waals surface area contributed by atoms with Gasteiger partial charge in [0.05, 0.1) is 16.6 Å². The molecule has 0 unspecified atom stereocenters. The lowest BCUT2D eigenvalue weighted by molar-refractivity contribution is 0.0651. The highest BCUT2D eigenvalue weighted by Gasteiger charge is 2.29. The second-order valence-electron chi connectivity index (χ2n) is 8.29. The van der Waals surface area contributed by atoms with Gasteiger partial charge in [0.1, 0.15) is 5.69 Å². The molecule has 1 aromatic carbocycles. The van der Waals surface area contributed by atoms with Gasteiger partial charge in [0.15, 0.2) is 0 Å². The fourth-order valence-corrected chi connectivity index (χ4v) is 4.58. The second-order valence-corrected chi connectivity index (χ2v) is 8.29. The van der Waals surface area contributed by atoms with Gasteiger partial charge >= 0.3 is 0 Å². The number of carbonyl (C=O) groups excluding carboxylic acids is 1. The van der Waals surface area contributed by atoms with Crippen molar-refractivity contribution in [2.24, 2.45) is 7.05 Å². The van der Waals surface area contributed by atoms with E-state index in [2.05, 4.69) is 79.4 Å². The van der Waals surface area contributed by atoms with Gasteiger partial charge in [0.2, 0.25) is 0 Å². The molecule has 5 nitrogen and oxygen atoms in total. The molecule has 0 radical (unpaired) electrons. The van der Waals surface area contributed by atoms with Gasteiger partial charge in [-0.1, -0.05) is 18.2 Å². The Bertz CT molecular complexity index is 987. The zero-order valence-corrected chi connectivity index (χ0v) is 17.1. The number of para-hydroxylation sites is 1. The Morgan fingerprint density at radius 2 is 1.78 bits per heavy atom. The predicted octanol–water partition coefficient (Wildman–Crippen LogP) is 3.88. The lowest BCUT2D eigenvalue weighted by atomic mass is 10.0. The smallest absolute Gasteiger partial charge is 0.270 e. The maximum atomic E-state index is 13.4. The highest BCUT2D eigenvalue weighted by Crippen LogP contribution is 2.34. The summed E-state index contributed by atoms with van der Waals surface area (Å²) < 4.78 is 4.44. The van der Waals surface area contributed by atoms with Crippen LogP contribution in [0.15, 0.2) is 30.3 Å². The normalized spacial score (nSPS) is 16.3. The van der Waals surface area contributed by atoms with Gasteiger partial charge in [-0.15, -0.1) is 0 Å². The zero-order valence-electron chi connectivity index (χ0n) is 17.1. The van der Waals surface area contributed by atoms with Crippen LogP contribution in [0.4, 0.5) is 0 Å². The number of rotatable bonds is 3. The van der Waals surface area contributed by atoms with Crippen molar-refractivity contribution in [3.05, 3.63) is 36.0 Å². The fraction of sp³-hybridized carbons (Fsp3) is 0.500. The molecule has 4 rings (SSSR count). The highest BCUT2D eigenvalue weighted by molar-refractivity contribution is 6.10. The number of carbonyl (C=O) groups is 1. The van der Waals surface area contributed by atoms with Crippen LogP contribution in [0, 0.1) is 0 Å². The first-order valence-electron chi connectivity index (χ1n) is 9.94. The summed E-state index contributed by atoms with van der Waals surface area (Å²) >= 11 is 0. The van der Waals surface area contributed by atoms with Gasteiger partial charge in [0.25, 0.3) is 5.91 Å². The number of aryl methyl sites for hydroxylation is 1. The Labute approximate surface area is 161 Å². The van der Waals surface area contributed by atoms with Crippen molar-refractivity contribution < 1.29 is 4.79 Å². The summed E-state index contributed by atoms with van der Waals surface area (Å²) in [5.74, 6) is 0.168. The molecular weight excluding hydrogens is 336 g/mol. The molecule has 0 bridgehead atoms. The Balaban J connectivity index is 1.77. The van der Waals surface area contributed by atoms with E-state index in [4.69, 9.17) is 0 Å². The summed E-state index contributed by atoms with van der Waals surface area (Å²) in [6.45, 7) is 6.00. The van der Waals surface area contributed by atoms with Crippen molar-refractivity contribution in [2.45, 2.75) is 38.8 Å². The number of hydrogen-bond acceptors (Lipinski definition) is 2. The van der Waals surface area contributed by atoms with Crippen molar-refractivity contribution in [2.75, 3.05) is 27.2 Å². The number of fused-ring (bicyclic) bond motifs is 3. The molecule has 27 heavy (non-hydrogen) atoms. The van der Waals surface area contributed by atoms with Crippen molar-refractivity contribution in [1.29, 1.82) is 0 Å². The third kappa shape index (κ3) is 2.85. The number of piperidine rings is 1. The third-order valence-electron chi connectivity index (χ3n) is 6.12. The summed E-state index contributed by atoms with van der Waals surface area (Å²) in [5, 5.41) is 1.22. The number of aromatic nitrogens is 2. The number of nitrogens with zero attached hydrogens (tertiary/aromatic N) is 4. The highest BCUT2D eigenvalue weighted by atomic mass is 16.2. The van der Waals surface area contributed by atoms with E-state index >= 15 is 0 Å². The average molecular weight is 367 g/mol. The fourth-order valence-electron chi connectivity index (χ4n) is 4.58. The summed E-state index contributed by atoms with van der Waals surface area (Å²) in [5.41, 5.74) is 4.34. The quantitative estimate of drug-likeness (QED) is 0.705. The molecule has 144 valence electrons. The van der Waals surface area contributed by atoms with E-state index in [1.807, 2.05) is 4.90 Å². The molecule has 3 heterocycles. The van der Waals surface area contributed by atoms with E-state index in [0.717, 1.165) is 37.1 Å². The molecule has 1 aliphatic rings. The van der Waals surface area contributed by atoms with Gasteiger partial charge in [-0.2, -0.15) is 0 Å². The molecule has 0 atom stereocenters. The van der Waals surface area contributed by atoms with Crippen molar-refractivity contribution in [3.8, 4) is 0 Å². The topological polar surface area (TPSA) is 33.4 Å². The second kappa shape index (κ2) is 6.71. The van der Waals surface area contributed by atoms with Crippen LogP contribution in [0.1, 0.15) is 43.2 Å². The van der Waals surface area contributed by atoms with E-state index < -0.39 is 0 Å². The van der Waals surface area contributed by atoms with Crippen LogP contribution in [-0.4, -0.2) is 58.1 Å². The van der Waals surface area contributed by atoms with E-state index in [1.165, 1.54) is 16.4 Å². The maximum absolute atomic E-state index is 13.4. The van der Waals surface area contributed by atoms with E-state index in [0.29, 0.717) is 6.04 Å². The molecule has 2 aromatic heterocycles. The molecule has 0 aliphatic carbocycles. The number of hydrogen-bond donors (Lipinski definition) is 0. The first-order chi connectivity index (χ1) is 12.9. The van der Waals surface area contributed by atoms with Gasteiger partial charge in [0, 0.05) is 37.6 Å². The summed E-state index contributed by atoms with van der Waals surface area (Å²) in [6.07, 6.45) is 2.09. The van der Waals surface area contributed by atoms with Gasteiger partial charge in [-0.3, -0.25) is 4.79 Å². The molecule has 3 aromatic rings. The molecule has 1 amide bonds.